The fourth-order valence-corrected chi connectivity index (χ4v) is 3.32. The van der Waals surface area contributed by atoms with Crippen LogP contribution in [-0.2, 0) is 11.0 Å². The molecule has 4 N–H and O–H groups in total. The van der Waals surface area contributed by atoms with Crippen LogP contribution < -0.4 is 16.0 Å². The number of benzene rings is 2. The van der Waals surface area contributed by atoms with Crippen molar-refractivity contribution in [2.45, 2.75) is 6.18 Å². The molecule has 2 heterocycles. The molecule has 7 nitrogen and oxygen atoms in total. The number of anilines is 3. The van der Waals surface area contributed by atoms with E-state index in [1.54, 1.807) is 30.5 Å². The molecule has 3 amide bonds. The summed E-state index contributed by atoms with van der Waals surface area (Å²) in [7, 11) is 0. The van der Waals surface area contributed by atoms with Gasteiger partial charge in [-0.1, -0.05) is 17.7 Å². The fourth-order valence-electron chi connectivity index (χ4n) is 3.03. The number of H-pyrrole nitrogens is 1. The highest BCUT2D eigenvalue weighted by Crippen LogP contribution is 2.36. The zero-order chi connectivity index (χ0) is 22.2. The molecule has 1 aromatic heterocycles. The number of urea groups is 1. The van der Waals surface area contributed by atoms with Crippen molar-refractivity contribution in [1.29, 1.82) is 0 Å². The number of rotatable bonds is 3. The van der Waals surface area contributed by atoms with Gasteiger partial charge in [-0.3, -0.25) is 4.79 Å². The van der Waals surface area contributed by atoms with Crippen LogP contribution in [0.15, 0.2) is 48.9 Å². The van der Waals surface area contributed by atoms with Gasteiger partial charge in [0.2, 0.25) is 0 Å². The first kappa shape index (κ1) is 20.5. The molecule has 0 aliphatic carbocycles. The summed E-state index contributed by atoms with van der Waals surface area (Å²) in [5.74, 6) is -0.300. The van der Waals surface area contributed by atoms with Crippen LogP contribution in [0, 0.1) is 0 Å². The molecule has 0 fully saturated rings. The molecule has 4 rings (SSSR count). The van der Waals surface area contributed by atoms with Gasteiger partial charge in [0.25, 0.3) is 5.91 Å². The molecule has 0 unspecified atom stereocenters. The molecule has 1 aliphatic heterocycles. The average Bonchev–Trinajstić information content (AvgIpc) is 3.29. The predicted octanol–water partition coefficient (Wildman–Crippen LogP) is 5.22. The van der Waals surface area contributed by atoms with Crippen LogP contribution in [0.25, 0.3) is 11.6 Å². The Kier molecular flexibility index (Phi) is 5.15. The van der Waals surface area contributed by atoms with E-state index in [2.05, 4.69) is 25.9 Å². The van der Waals surface area contributed by atoms with Gasteiger partial charge in [0.05, 0.1) is 40.1 Å². The topological polar surface area (TPSA) is 98.9 Å². The minimum absolute atomic E-state index is 0.0924. The lowest BCUT2D eigenvalue weighted by molar-refractivity contribution is -0.137. The van der Waals surface area contributed by atoms with Crippen LogP contribution in [0.4, 0.5) is 35.0 Å². The Hall–Kier alpha value is -3.79. The number of amides is 3. The minimum atomic E-state index is -4.59. The second-order valence-corrected chi connectivity index (χ2v) is 6.96. The molecule has 0 radical (unpaired) electrons. The Morgan fingerprint density at radius 2 is 1.81 bits per heavy atom. The number of nitrogens with zero attached hydrogens (tertiary/aromatic N) is 1. The standard InChI is InChI=1S/C20H13ClF3N5O2/c21-16-6-10(2-4-15(16)20(22,23)24)27-19(31)28-11-1-3-13-14(5-12-8-25-9-26-12)18(30)29-17(13)7-11/h1-9H,(H,25,26)(H,29,30)(H2,27,28,31)/b14-5-. The minimum Gasteiger partial charge on any atom is -0.345 e. The zero-order valence-corrected chi connectivity index (χ0v) is 16.2. The second kappa shape index (κ2) is 7.80. The number of halogens is 4. The van der Waals surface area contributed by atoms with Crippen LogP contribution in [-0.4, -0.2) is 21.9 Å². The number of aromatic nitrogens is 2. The smallest absolute Gasteiger partial charge is 0.345 e. The third-order valence-electron chi connectivity index (χ3n) is 4.41. The molecule has 1 aliphatic rings. The lowest BCUT2D eigenvalue weighted by Crippen LogP contribution is -2.19. The van der Waals surface area contributed by atoms with Gasteiger partial charge in [0.1, 0.15) is 0 Å². The van der Waals surface area contributed by atoms with Gasteiger partial charge in [0.15, 0.2) is 0 Å². The number of alkyl halides is 3. The summed E-state index contributed by atoms with van der Waals surface area (Å²) in [5, 5.41) is 7.16. The zero-order valence-electron chi connectivity index (χ0n) is 15.5. The molecule has 11 heteroatoms. The molecule has 0 bridgehead atoms. The number of fused-ring (bicyclic) bond motifs is 1. The molecule has 158 valence electrons. The number of nitrogens with one attached hydrogen (secondary N) is 4. The van der Waals surface area contributed by atoms with E-state index in [1.165, 1.54) is 6.33 Å². The third-order valence-corrected chi connectivity index (χ3v) is 4.72. The van der Waals surface area contributed by atoms with Gasteiger partial charge in [-0.25, -0.2) is 9.78 Å². The van der Waals surface area contributed by atoms with Gasteiger partial charge in [0, 0.05) is 16.9 Å². The van der Waals surface area contributed by atoms with Crippen molar-refractivity contribution in [2.24, 2.45) is 0 Å². The maximum atomic E-state index is 12.8. The van der Waals surface area contributed by atoms with E-state index >= 15 is 0 Å². The van der Waals surface area contributed by atoms with Crippen molar-refractivity contribution < 1.29 is 22.8 Å². The SMILES string of the molecule is O=C(Nc1ccc(C(F)(F)F)c(Cl)c1)Nc1ccc2c(c1)NC(=O)/C2=C\c1cnc[nH]1. The molecule has 0 saturated carbocycles. The second-order valence-electron chi connectivity index (χ2n) is 6.55. The summed E-state index contributed by atoms with van der Waals surface area (Å²) in [4.78, 5) is 31.3. The molecule has 0 atom stereocenters. The largest absolute Gasteiger partial charge is 0.417 e. The van der Waals surface area contributed by atoms with Crippen molar-refractivity contribution in [3.8, 4) is 0 Å². The lowest BCUT2D eigenvalue weighted by atomic mass is 10.1. The third kappa shape index (κ3) is 4.38. The van der Waals surface area contributed by atoms with E-state index in [0.29, 0.717) is 28.2 Å². The van der Waals surface area contributed by atoms with Gasteiger partial charge < -0.3 is 20.9 Å². The highest BCUT2D eigenvalue weighted by molar-refractivity contribution is 6.35. The van der Waals surface area contributed by atoms with E-state index in [-0.39, 0.29) is 11.6 Å². The summed E-state index contributed by atoms with van der Waals surface area (Å²) in [6.45, 7) is 0. The number of hydrogen-bond acceptors (Lipinski definition) is 3. The van der Waals surface area contributed by atoms with E-state index < -0.39 is 22.8 Å². The first-order chi connectivity index (χ1) is 14.7. The summed E-state index contributed by atoms with van der Waals surface area (Å²) < 4.78 is 38.3. The van der Waals surface area contributed by atoms with Crippen molar-refractivity contribution in [2.75, 3.05) is 16.0 Å². The molecule has 0 spiro atoms. The van der Waals surface area contributed by atoms with Gasteiger partial charge in [-0.2, -0.15) is 13.2 Å². The number of carbonyl (C=O) groups excluding carboxylic acids is 2. The maximum Gasteiger partial charge on any atom is 0.417 e. The monoisotopic (exact) mass is 447 g/mol. The van der Waals surface area contributed by atoms with E-state index in [1.807, 2.05) is 0 Å². The van der Waals surface area contributed by atoms with Crippen molar-refractivity contribution >= 4 is 52.3 Å². The van der Waals surface area contributed by atoms with Crippen LogP contribution >= 0.6 is 11.6 Å². The highest BCUT2D eigenvalue weighted by atomic mass is 35.5. The van der Waals surface area contributed by atoms with Gasteiger partial charge in [-0.15, -0.1) is 0 Å². The molecular formula is C20H13ClF3N5O2. The Morgan fingerprint density at radius 1 is 1.10 bits per heavy atom. The highest BCUT2D eigenvalue weighted by Gasteiger charge is 2.33. The number of carbonyl (C=O) groups is 2. The predicted molar refractivity (Wildman–Crippen MR) is 111 cm³/mol. The summed E-state index contributed by atoms with van der Waals surface area (Å²) in [6, 6.07) is 7.05. The van der Waals surface area contributed by atoms with E-state index in [4.69, 9.17) is 11.6 Å². The summed E-state index contributed by atoms with van der Waals surface area (Å²) in [6.07, 6.45) is 0.140. The van der Waals surface area contributed by atoms with E-state index in [0.717, 1.165) is 18.2 Å². The average molecular weight is 448 g/mol. The van der Waals surface area contributed by atoms with Gasteiger partial charge in [-0.05, 0) is 36.4 Å². The van der Waals surface area contributed by atoms with Crippen molar-refractivity contribution in [3.63, 3.8) is 0 Å². The molecule has 2 aromatic carbocycles. The summed E-state index contributed by atoms with van der Waals surface area (Å²) >= 11 is 5.66. The number of imidazole rings is 1. The molecule has 3 aromatic rings. The fraction of sp³-hybridized carbons (Fsp3) is 0.0500. The van der Waals surface area contributed by atoms with Crippen LogP contribution in [0.5, 0.6) is 0 Å². The van der Waals surface area contributed by atoms with Crippen LogP contribution in [0.3, 0.4) is 0 Å². The van der Waals surface area contributed by atoms with Gasteiger partial charge >= 0.3 is 12.2 Å². The van der Waals surface area contributed by atoms with Crippen molar-refractivity contribution in [1.82, 2.24) is 9.97 Å². The molecular weight excluding hydrogens is 435 g/mol. The van der Waals surface area contributed by atoms with E-state index in [9.17, 15) is 22.8 Å². The Morgan fingerprint density at radius 3 is 2.45 bits per heavy atom. The molecule has 31 heavy (non-hydrogen) atoms. The number of hydrogen-bond donors (Lipinski definition) is 4. The van der Waals surface area contributed by atoms with Crippen LogP contribution in [0.1, 0.15) is 16.8 Å². The number of aromatic amines is 1. The van der Waals surface area contributed by atoms with Crippen molar-refractivity contribution in [3.05, 3.63) is 70.8 Å². The molecule has 0 saturated heterocycles. The Balaban J connectivity index is 1.47. The summed E-state index contributed by atoms with van der Waals surface area (Å²) in [5.41, 5.74) is 1.73. The van der Waals surface area contributed by atoms with Crippen LogP contribution in [0.2, 0.25) is 5.02 Å². The lowest BCUT2D eigenvalue weighted by Gasteiger charge is -2.12. The first-order valence-electron chi connectivity index (χ1n) is 8.81. The first-order valence-corrected chi connectivity index (χ1v) is 9.19. The maximum absolute atomic E-state index is 12.8. The normalized spacial score (nSPS) is 14.3. The Labute approximate surface area is 178 Å². The Bertz CT molecular complexity index is 1210. The quantitative estimate of drug-likeness (QED) is 0.414.